The minimum absolute atomic E-state index is 0.649. The summed E-state index contributed by atoms with van der Waals surface area (Å²) >= 11 is 0. The summed E-state index contributed by atoms with van der Waals surface area (Å²) in [5.41, 5.74) is 1.23. The fourth-order valence-electron chi connectivity index (χ4n) is 2.71. The quantitative estimate of drug-likeness (QED) is 0.860. The highest BCUT2D eigenvalue weighted by atomic mass is 16.3. The molecule has 1 N–H and O–H groups in total. The summed E-state index contributed by atoms with van der Waals surface area (Å²) in [6, 6.07) is 2.81. The molecule has 0 spiro atoms. The van der Waals surface area contributed by atoms with Gasteiger partial charge in [0.25, 0.3) is 0 Å². The number of furan rings is 1. The number of hydrogen-bond acceptors (Lipinski definition) is 4. The van der Waals surface area contributed by atoms with E-state index in [2.05, 4.69) is 35.0 Å². The third kappa shape index (κ3) is 3.34. The minimum Gasteiger partial charge on any atom is -0.468 e. The van der Waals surface area contributed by atoms with Crippen molar-refractivity contribution in [3.05, 3.63) is 23.7 Å². The number of piperazine rings is 1. The lowest BCUT2D eigenvalue weighted by Crippen LogP contribution is -2.51. The summed E-state index contributed by atoms with van der Waals surface area (Å²) in [5, 5.41) is 3.14. The zero-order chi connectivity index (χ0) is 13.0. The van der Waals surface area contributed by atoms with Crippen LogP contribution in [0.25, 0.3) is 0 Å². The third-order valence-corrected chi connectivity index (χ3v) is 3.72. The molecule has 1 aliphatic heterocycles. The predicted octanol–water partition coefficient (Wildman–Crippen LogP) is 1.52. The van der Waals surface area contributed by atoms with E-state index in [1.807, 2.05) is 13.3 Å². The Balaban J connectivity index is 1.86. The van der Waals surface area contributed by atoms with Crippen LogP contribution in [0.2, 0.25) is 0 Å². The average molecular weight is 251 g/mol. The molecule has 0 aromatic carbocycles. The van der Waals surface area contributed by atoms with Crippen LogP contribution in [0.15, 0.2) is 16.7 Å². The van der Waals surface area contributed by atoms with Gasteiger partial charge >= 0.3 is 0 Å². The van der Waals surface area contributed by atoms with Gasteiger partial charge in [0.15, 0.2) is 0 Å². The van der Waals surface area contributed by atoms with Gasteiger partial charge in [-0.2, -0.15) is 0 Å². The van der Waals surface area contributed by atoms with Gasteiger partial charge in [-0.3, -0.25) is 9.80 Å². The van der Waals surface area contributed by atoms with Gasteiger partial charge in [-0.15, -0.1) is 0 Å². The van der Waals surface area contributed by atoms with Gasteiger partial charge in [-0.1, -0.05) is 6.92 Å². The van der Waals surface area contributed by atoms with Crippen LogP contribution in [0.3, 0.4) is 0 Å². The SMILES string of the molecule is CCN1CCN(Cc2cc(CNC)co2)CC1C. The third-order valence-electron chi connectivity index (χ3n) is 3.72. The Morgan fingerprint density at radius 3 is 2.94 bits per heavy atom. The highest BCUT2D eigenvalue weighted by Gasteiger charge is 2.22. The Kier molecular flexibility index (Phi) is 4.80. The predicted molar refractivity (Wildman–Crippen MR) is 73.5 cm³/mol. The molecule has 0 aliphatic carbocycles. The van der Waals surface area contributed by atoms with Crippen LogP contribution < -0.4 is 5.32 Å². The molecule has 4 heteroatoms. The van der Waals surface area contributed by atoms with Gasteiger partial charge in [0.2, 0.25) is 0 Å². The van der Waals surface area contributed by atoms with E-state index in [0.717, 1.165) is 38.5 Å². The number of likely N-dealkylation sites (N-methyl/N-ethyl adjacent to an activating group) is 1. The molecular weight excluding hydrogens is 226 g/mol. The Labute approximate surface area is 110 Å². The van der Waals surface area contributed by atoms with Crippen molar-refractivity contribution in [3.8, 4) is 0 Å². The van der Waals surface area contributed by atoms with E-state index in [-0.39, 0.29) is 0 Å². The molecule has 4 nitrogen and oxygen atoms in total. The van der Waals surface area contributed by atoms with E-state index in [1.165, 1.54) is 12.1 Å². The molecule has 1 aromatic heterocycles. The second kappa shape index (κ2) is 6.36. The van der Waals surface area contributed by atoms with E-state index >= 15 is 0 Å². The fourth-order valence-corrected chi connectivity index (χ4v) is 2.71. The number of nitrogens with zero attached hydrogens (tertiary/aromatic N) is 2. The second-order valence-electron chi connectivity index (χ2n) is 5.16. The molecule has 0 saturated carbocycles. The van der Waals surface area contributed by atoms with Crippen molar-refractivity contribution in [1.29, 1.82) is 0 Å². The lowest BCUT2D eigenvalue weighted by molar-refractivity contribution is 0.0790. The molecule has 0 radical (unpaired) electrons. The molecule has 1 aromatic rings. The van der Waals surface area contributed by atoms with Crippen LogP contribution in [0.5, 0.6) is 0 Å². The van der Waals surface area contributed by atoms with E-state index < -0.39 is 0 Å². The summed E-state index contributed by atoms with van der Waals surface area (Å²) in [5.74, 6) is 1.08. The molecule has 18 heavy (non-hydrogen) atoms. The minimum atomic E-state index is 0.649. The summed E-state index contributed by atoms with van der Waals surface area (Å²) < 4.78 is 5.61. The van der Waals surface area contributed by atoms with Gasteiger partial charge in [0, 0.05) is 37.8 Å². The van der Waals surface area contributed by atoms with Crippen molar-refractivity contribution in [1.82, 2.24) is 15.1 Å². The van der Waals surface area contributed by atoms with Crippen LogP contribution in [0, 0.1) is 0 Å². The van der Waals surface area contributed by atoms with Gasteiger partial charge in [-0.05, 0) is 26.6 Å². The normalized spacial score (nSPS) is 22.5. The molecule has 1 saturated heterocycles. The topological polar surface area (TPSA) is 31.6 Å². The van der Waals surface area contributed by atoms with Gasteiger partial charge in [0.1, 0.15) is 5.76 Å². The molecule has 102 valence electrons. The highest BCUT2D eigenvalue weighted by Crippen LogP contribution is 2.14. The molecule has 1 fully saturated rings. The number of rotatable bonds is 5. The lowest BCUT2D eigenvalue weighted by atomic mass is 10.2. The highest BCUT2D eigenvalue weighted by molar-refractivity contribution is 5.12. The molecule has 1 unspecified atom stereocenters. The maximum absolute atomic E-state index is 5.61. The molecule has 2 rings (SSSR count). The van der Waals surface area contributed by atoms with Crippen LogP contribution in [0.1, 0.15) is 25.2 Å². The second-order valence-corrected chi connectivity index (χ2v) is 5.16. The molecular formula is C14H25N3O. The first-order chi connectivity index (χ1) is 8.72. The zero-order valence-electron chi connectivity index (χ0n) is 11.8. The van der Waals surface area contributed by atoms with Crippen molar-refractivity contribution in [3.63, 3.8) is 0 Å². The van der Waals surface area contributed by atoms with Crippen molar-refractivity contribution in [2.24, 2.45) is 0 Å². The summed E-state index contributed by atoms with van der Waals surface area (Å²) in [7, 11) is 1.96. The number of nitrogens with one attached hydrogen (secondary N) is 1. The van der Waals surface area contributed by atoms with Gasteiger partial charge < -0.3 is 9.73 Å². The van der Waals surface area contributed by atoms with E-state index in [0.29, 0.717) is 6.04 Å². The van der Waals surface area contributed by atoms with Gasteiger partial charge in [-0.25, -0.2) is 0 Å². The monoisotopic (exact) mass is 251 g/mol. The maximum atomic E-state index is 5.61. The Bertz CT molecular complexity index is 364. The summed E-state index contributed by atoms with van der Waals surface area (Å²) in [6.45, 7) is 11.0. The van der Waals surface area contributed by atoms with Crippen molar-refractivity contribution in [2.75, 3.05) is 33.2 Å². The Morgan fingerprint density at radius 1 is 1.44 bits per heavy atom. The summed E-state index contributed by atoms with van der Waals surface area (Å²) in [6.07, 6.45) is 1.86. The fraction of sp³-hybridized carbons (Fsp3) is 0.714. The van der Waals surface area contributed by atoms with E-state index in [4.69, 9.17) is 4.42 Å². The first-order valence-electron chi connectivity index (χ1n) is 6.90. The van der Waals surface area contributed by atoms with E-state index in [1.54, 1.807) is 0 Å². The van der Waals surface area contributed by atoms with E-state index in [9.17, 15) is 0 Å². The largest absolute Gasteiger partial charge is 0.468 e. The molecule has 0 amide bonds. The molecule has 1 aliphatic rings. The molecule has 1 atom stereocenters. The van der Waals surface area contributed by atoms with Crippen LogP contribution in [0.4, 0.5) is 0 Å². The zero-order valence-corrected chi connectivity index (χ0v) is 11.8. The maximum Gasteiger partial charge on any atom is 0.118 e. The van der Waals surface area contributed by atoms with Crippen molar-refractivity contribution >= 4 is 0 Å². The Morgan fingerprint density at radius 2 is 2.28 bits per heavy atom. The lowest BCUT2D eigenvalue weighted by Gasteiger charge is -2.38. The first kappa shape index (κ1) is 13.6. The average Bonchev–Trinajstić information content (AvgIpc) is 2.77. The molecule has 0 bridgehead atoms. The summed E-state index contributed by atoms with van der Waals surface area (Å²) in [4.78, 5) is 5.02. The van der Waals surface area contributed by atoms with Crippen LogP contribution in [-0.2, 0) is 13.1 Å². The van der Waals surface area contributed by atoms with Crippen molar-refractivity contribution < 1.29 is 4.42 Å². The number of hydrogen-bond donors (Lipinski definition) is 1. The first-order valence-corrected chi connectivity index (χ1v) is 6.90. The Hall–Kier alpha value is -0.840. The molecule has 2 heterocycles. The van der Waals surface area contributed by atoms with Crippen LogP contribution >= 0.6 is 0 Å². The van der Waals surface area contributed by atoms with Gasteiger partial charge in [0.05, 0.1) is 12.8 Å². The smallest absolute Gasteiger partial charge is 0.118 e. The van der Waals surface area contributed by atoms with Crippen molar-refractivity contribution in [2.45, 2.75) is 33.0 Å². The van der Waals surface area contributed by atoms with Crippen LogP contribution in [-0.4, -0.2) is 49.1 Å². The standard InChI is InChI=1S/C14H25N3O/c1-4-17-6-5-16(9-12(17)2)10-14-7-13(8-15-3)11-18-14/h7,11-12,15H,4-6,8-10H2,1-3H3.